The molecule has 0 aliphatic rings. The zero-order valence-corrected chi connectivity index (χ0v) is 20.5. The maximum absolute atomic E-state index is 12.0. The molecule has 2 rings (SSSR count). The lowest BCUT2D eigenvalue weighted by atomic mass is 10.1. The monoisotopic (exact) mass is 524 g/mol. The third-order valence-corrected chi connectivity index (χ3v) is 3.89. The molecule has 164 valence electrons. The lowest BCUT2D eigenvalue weighted by Gasteiger charge is -2.21. The molecule has 6 nitrogen and oxygen atoms in total. The highest BCUT2D eigenvalue weighted by Crippen LogP contribution is 2.20. The second-order valence-electron chi connectivity index (χ2n) is 7.73. The van der Waals surface area contributed by atoms with Gasteiger partial charge in [0, 0.05) is 17.6 Å². The minimum atomic E-state index is -0.261. The number of para-hydroxylation sites is 1. The summed E-state index contributed by atoms with van der Waals surface area (Å²) >= 11 is 0. The van der Waals surface area contributed by atoms with Crippen LogP contribution in [0.25, 0.3) is 0 Å². The van der Waals surface area contributed by atoms with Crippen LogP contribution in [0, 0.1) is 0 Å². The molecule has 0 aliphatic heterocycles. The van der Waals surface area contributed by atoms with Gasteiger partial charge in [-0.1, -0.05) is 48.5 Å². The van der Waals surface area contributed by atoms with Crippen molar-refractivity contribution >= 4 is 35.8 Å². The minimum Gasteiger partial charge on any atom is -0.489 e. The van der Waals surface area contributed by atoms with Gasteiger partial charge in [0.25, 0.3) is 0 Å². The summed E-state index contributed by atoms with van der Waals surface area (Å²) in [6.45, 7) is 9.68. The zero-order chi connectivity index (χ0) is 21.1. The molecule has 0 fully saturated rings. The molecule has 3 N–H and O–H groups in total. The van der Waals surface area contributed by atoms with Crippen LogP contribution in [-0.4, -0.2) is 30.5 Å². The van der Waals surface area contributed by atoms with Crippen molar-refractivity contribution in [1.82, 2.24) is 16.0 Å². The maximum atomic E-state index is 12.0. The number of guanidine groups is 1. The van der Waals surface area contributed by atoms with Gasteiger partial charge in [0.05, 0.1) is 13.1 Å². The molecule has 0 unspecified atom stereocenters. The van der Waals surface area contributed by atoms with Crippen molar-refractivity contribution in [2.75, 3.05) is 13.1 Å². The third-order valence-electron chi connectivity index (χ3n) is 3.89. The first kappa shape index (κ1) is 25.7. The van der Waals surface area contributed by atoms with Crippen molar-refractivity contribution in [2.45, 2.75) is 46.4 Å². The molecule has 0 saturated heterocycles. The third kappa shape index (κ3) is 9.96. The fourth-order valence-electron chi connectivity index (χ4n) is 2.64. The Morgan fingerprint density at radius 1 is 1.00 bits per heavy atom. The Kier molecular flexibility index (Phi) is 11.2. The van der Waals surface area contributed by atoms with E-state index >= 15 is 0 Å². The largest absolute Gasteiger partial charge is 0.489 e. The number of nitrogens with zero attached hydrogens (tertiary/aromatic N) is 1. The molecule has 0 atom stereocenters. The summed E-state index contributed by atoms with van der Waals surface area (Å²) in [5.74, 6) is 1.32. The average molecular weight is 524 g/mol. The second kappa shape index (κ2) is 13.1. The Bertz CT molecular complexity index is 804. The number of amides is 1. The van der Waals surface area contributed by atoms with Crippen LogP contribution in [0.3, 0.4) is 0 Å². The first-order chi connectivity index (χ1) is 13.9. The van der Waals surface area contributed by atoms with Crippen LogP contribution in [0.15, 0.2) is 59.6 Å². The van der Waals surface area contributed by atoms with Gasteiger partial charge in [-0.2, -0.15) is 0 Å². The number of nitrogens with one attached hydrogen (secondary N) is 3. The van der Waals surface area contributed by atoms with Gasteiger partial charge in [0.2, 0.25) is 5.91 Å². The van der Waals surface area contributed by atoms with Crippen LogP contribution in [0.1, 0.15) is 38.8 Å². The molecule has 30 heavy (non-hydrogen) atoms. The van der Waals surface area contributed by atoms with Crippen LogP contribution in [-0.2, 0) is 17.9 Å². The quantitative estimate of drug-likeness (QED) is 0.279. The summed E-state index contributed by atoms with van der Waals surface area (Å²) in [5, 5.41) is 9.17. The van der Waals surface area contributed by atoms with Gasteiger partial charge in [0.15, 0.2) is 5.96 Å². The first-order valence-electron chi connectivity index (χ1n) is 9.95. The average Bonchev–Trinajstić information content (AvgIpc) is 2.68. The Labute approximate surface area is 196 Å². The molecule has 0 saturated carbocycles. The van der Waals surface area contributed by atoms with E-state index in [2.05, 4.69) is 20.9 Å². The fourth-order valence-corrected chi connectivity index (χ4v) is 2.64. The van der Waals surface area contributed by atoms with E-state index < -0.39 is 0 Å². The van der Waals surface area contributed by atoms with E-state index in [-0.39, 0.29) is 42.0 Å². The molecule has 1 amide bonds. The molecular formula is C23H33IN4O2. The Hall–Kier alpha value is -2.29. The Morgan fingerprint density at radius 2 is 1.67 bits per heavy atom. The Morgan fingerprint density at radius 3 is 2.33 bits per heavy atom. The van der Waals surface area contributed by atoms with Gasteiger partial charge in [0.1, 0.15) is 12.4 Å². The fraction of sp³-hybridized carbons (Fsp3) is 0.391. The number of ether oxygens (including phenoxy) is 1. The van der Waals surface area contributed by atoms with Crippen molar-refractivity contribution in [3.63, 3.8) is 0 Å². The normalized spacial score (nSPS) is 11.3. The number of halogens is 1. The van der Waals surface area contributed by atoms with Crippen molar-refractivity contribution in [3.8, 4) is 5.75 Å². The van der Waals surface area contributed by atoms with E-state index in [0.717, 1.165) is 16.9 Å². The highest BCUT2D eigenvalue weighted by Gasteiger charge is 2.13. The van der Waals surface area contributed by atoms with E-state index in [1.807, 2.05) is 82.3 Å². The number of hydrogen-bond donors (Lipinski definition) is 3. The van der Waals surface area contributed by atoms with Crippen LogP contribution in [0.5, 0.6) is 5.75 Å². The van der Waals surface area contributed by atoms with E-state index in [9.17, 15) is 4.79 Å². The van der Waals surface area contributed by atoms with E-state index in [1.165, 1.54) is 0 Å². The van der Waals surface area contributed by atoms with E-state index in [0.29, 0.717) is 25.7 Å². The van der Waals surface area contributed by atoms with E-state index in [4.69, 9.17) is 4.74 Å². The first-order valence-corrected chi connectivity index (χ1v) is 9.95. The minimum absolute atomic E-state index is 0. The van der Waals surface area contributed by atoms with Crippen molar-refractivity contribution in [3.05, 3.63) is 65.7 Å². The maximum Gasteiger partial charge on any atom is 0.239 e. The number of benzene rings is 2. The Balaban J connectivity index is 0.00000450. The van der Waals surface area contributed by atoms with Gasteiger partial charge < -0.3 is 20.7 Å². The molecule has 0 spiro atoms. The molecule has 0 bridgehead atoms. The number of hydrogen-bond acceptors (Lipinski definition) is 3. The standard InChI is InChI=1S/C23H32N4O2.HI/c1-5-24-22(26-16-21(28)27-23(2,3)4)25-15-19-13-9-10-14-20(19)29-17-18-11-7-6-8-12-18;/h6-14H,5,15-17H2,1-4H3,(H,27,28)(H2,24,25,26);1H. The van der Waals surface area contributed by atoms with Gasteiger partial charge in [-0.05, 0) is 39.3 Å². The lowest BCUT2D eigenvalue weighted by Crippen LogP contribution is -2.48. The summed E-state index contributed by atoms with van der Waals surface area (Å²) in [6, 6.07) is 17.9. The summed E-state index contributed by atoms with van der Waals surface area (Å²) < 4.78 is 5.99. The van der Waals surface area contributed by atoms with E-state index in [1.54, 1.807) is 0 Å². The highest BCUT2D eigenvalue weighted by molar-refractivity contribution is 14.0. The second-order valence-corrected chi connectivity index (χ2v) is 7.73. The summed E-state index contributed by atoms with van der Waals surface area (Å²) in [7, 11) is 0. The van der Waals surface area contributed by atoms with Crippen LogP contribution in [0.4, 0.5) is 0 Å². The van der Waals surface area contributed by atoms with Gasteiger partial charge in [-0.25, -0.2) is 4.99 Å². The van der Waals surface area contributed by atoms with Crippen molar-refractivity contribution in [1.29, 1.82) is 0 Å². The summed E-state index contributed by atoms with van der Waals surface area (Å²) in [4.78, 5) is 16.6. The number of carbonyl (C=O) groups excluding carboxylic acids is 1. The molecular weight excluding hydrogens is 491 g/mol. The smallest absolute Gasteiger partial charge is 0.239 e. The molecule has 0 heterocycles. The predicted molar refractivity (Wildman–Crippen MR) is 133 cm³/mol. The number of carbonyl (C=O) groups is 1. The predicted octanol–water partition coefficient (Wildman–Crippen LogP) is 3.85. The van der Waals surface area contributed by atoms with Crippen LogP contribution >= 0.6 is 24.0 Å². The van der Waals surface area contributed by atoms with Crippen LogP contribution in [0.2, 0.25) is 0 Å². The highest BCUT2D eigenvalue weighted by atomic mass is 127. The molecule has 0 aliphatic carbocycles. The lowest BCUT2D eigenvalue weighted by molar-refractivity contribution is -0.121. The van der Waals surface area contributed by atoms with Gasteiger partial charge in [-0.3, -0.25) is 4.79 Å². The topological polar surface area (TPSA) is 74.8 Å². The zero-order valence-electron chi connectivity index (χ0n) is 18.2. The summed E-state index contributed by atoms with van der Waals surface area (Å²) in [6.07, 6.45) is 0. The molecule has 0 radical (unpaired) electrons. The SMILES string of the molecule is CCNC(=NCc1ccccc1OCc1ccccc1)NCC(=O)NC(C)(C)C.I. The van der Waals surface area contributed by atoms with Crippen LogP contribution < -0.4 is 20.7 Å². The van der Waals surface area contributed by atoms with Gasteiger partial charge in [-0.15, -0.1) is 24.0 Å². The van der Waals surface area contributed by atoms with Crippen molar-refractivity contribution < 1.29 is 9.53 Å². The molecule has 0 aromatic heterocycles. The van der Waals surface area contributed by atoms with Gasteiger partial charge >= 0.3 is 0 Å². The molecule has 2 aromatic carbocycles. The number of aliphatic imine (C=N–C) groups is 1. The number of rotatable bonds is 8. The molecule has 2 aromatic rings. The summed E-state index contributed by atoms with van der Waals surface area (Å²) in [5.41, 5.74) is 1.84. The van der Waals surface area contributed by atoms with Crippen molar-refractivity contribution in [2.24, 2.45) is 4.99 Å². The molecule has 7 heteroatoms.